The third kappa shape index (κ3) is 9.84. The Morgan fingerprint density at radius 2 is 1.21 bits per heavy atom. The number of aliphatic hydroxyl groups is 2. The van der Waals surface area contributed by atoms with Crippen molar-refractivity contribution in [3.63, 3.8) is 0 Å². The fourth-order valence-electron chi connectivity index (χ4n) is 4.35. The third-order valence-electron chi connectivity index (χ3n) is 6.37. The number of benzene rings is 2. The van der Waals surface area contributed by atoms with Crippen molar-refractivity contribution in [3.05, 3.63) is 83.6 Å². The van der Waals surface area contributed by atoms with Crippen LogP contribution >= 0.6 is 0 Å². The molecule has 0 saturated carbocycles. The monoisotopic (exact) mass is 560 g/mol. The maximum absolute atomic E-state index is 11.0. The summed E-state index contributed by atoms with van der Waals surface area (Å²) in [5.74, 6) is 0.779. The Labute approximate surface area is 206 Å². The summed E-state index contributed by atoms with van der Waals surface area (Å²) >= 11 is -2.97. The molecule has 2 atom stereocenters. The van der Waals surface area contributed by atoms with Crippen LogP contribution in [0.15, 0.2) is 72.5 Å². The topological polar surface area (TPSA) is 49.7 Å². The van der Waals surface area contributed by atoms with Crippen molar-refractivity contribution in [3.8, 4) is 0 Å². The van der Waals surface area contributed by atoms with Crippen LogP contribution in [-0.2, 0) is 3.07 Å². The van der Waals surface area contributed by atoms with Crippen LogP contribution in [0.3, 0.4) is 0 Å². The van der Waals surface area contributed by atoms with E-state index < -0.39 is 31.0 Å². The van der Waals surface area contributed by atoms with E-state index in [0.29, 0.717) is 6.42 Å². The van der Waals surface area contributed by atoms with Crippen LogP contribution in [-0.4, -0.2) is 29.0 Å². The Bertz CT molecular complexity index is 769. The molecule has 0 spiro atoms. The second-order valence-electron chi connectivity index (χ2n) is 9.21. The van der Waals surface area contributed by atoms with Gasteiger partial charge in [0.1, 0.15) is 0 Å². The molecule has 3 nitrogen and oxygen atoms in total. The van der Waals surface area contributed by atoms with E-state index in [1.165, 1.54) is 51.8 Å². The van der Waals surface area contributed by atoms with Gasteiger partial charge < -0.3 is 0 Å². The van der Waals surface area contributed by atoms with Crippen LogP contribution in [0.2, 0.25) is 13.3 Å². The van der Waals surface area contributed by atoms with Crippen molar-refractivity contribution < 1.29 is 13.3 Å². The minimum atomic E-state index is -2.97. The van der Waals surface area contributed by atoms with Gasteiger partial charge in [0.15, 0.2) is 0 Å². The van der Waals surface area contributed by atoms with Gasteiger partial charge in [-0.1, -0.05) is 0 Å². The summed E-state index contributed by atoms with van der Waals surface area (Å²) in [6.45, 7) is 6.77. The van der Waals surface area contributed by atoms with Crippen molar-refractivity contribution in [1.82, 2.24) is 0 Å². The minimum absolute atomic E-state index is 0.400. The van der Waals surface area contributed by atoms with Gasteiger partial charge in [0.05, 0.1) is 0 Å². The molecule has 0 aliphatic rings. The molecule has 0 aliphatic carbocycles. The maximum atomic E-state index is 11.0. The fourth-order valence-corrected chi connectivity index (χ4v) is 17.9. The van der Waals surface area contributed by atoms with Crippen molar-refractivity contribution in [2.45, 2.75) is 91.2 Å². The standard InChI is InChI=1S/C17H18O3.3C4H9.Sn/c18-15(11-16(19)13-7-3-1-4-8-13)12-17(20)14-9-5-2-6-10-14;3*1-3-4-2;/h1-11,16-20H,12H2;3*1,3-4H2,2H3;/q;;;;+1/p-1/b15-11-;;;;. The van der Waals surface area contributed by atoms with E-state index in [0.717, 1.165) is 16.9 Å². The molecule has 0 saturated heterocycles. The van der Waals surface area contributed by atoms with E-state index in [4.69, 9.17) is 3.07 Å². The predicted molar refractivity (Wildman–Crippen MR) is 141 cm³/mol. The van der Waals surface area contributed by atoms with Gasteiger partial charge in [0.2, 0.25) is 0 Å². The number of unbranched alkanes of at least 4 members (excludes halogenated alkanes) is 3. The Morgan fingerprint density at radius 1 is 0.758 bits per heavy atom. The summed E-state index contributed by atoms with van der Waals surface area (Å²) in [5, 5.41) is 22.0. The Kier molecular flexibility index (Phi) is 13.2. The molecule has 2 aromatic carbocycles. The van der Waals surface area contributed by atoms with Gasteiger partial charge >= 0.3 is 207 Å². The second-order valence-corrected chi connectivity index (χ2v) is 20.8. The van der Waals surface area contributed by atoms with E-state index in [2.05, 4.69) is 20.8 Å². The SMILES string of the molecule is CCC[CH2][Sn]([CH2]CCC)([CH2]CCC)[O]/C(=C\C(O)c1ccccc1)CC(O)c1ccccc1. The van der Waals surface area contributed by atoms with Crippen LogP contribution in [0, 0.1) is 0 Å². The molecule has 2 aromatic rings. The van der Waals surface area contributed by atoms with Crippen molar-refractivity contribution in [1.29, 1.82) is 0 Å². The van der Waals surface area contributed by atoms with E-state index >= 15 is 0 Å². The molecule has 2 rings (SSSR count). The Balaban J connectivity index is 2.37. The quantitative estimate of drug-likeness (QED) is 0.162. The molecule has 0 amide bonds. The molecule has 2 unspecified atom stereocenters. The van der Waals surface area contributed by atoms with Gasteiger partial charge in [0, 0.05) is 0 Å². The molecule has 33 heavy (non-hydrogen) atoms. The van der Waals surface area contributed by atoms with Gasteiger partial charge in [-0.25, -0.2) is 0 Å². The first-order chi connectivity index (χ1) is 16.0. The molecule has 0 radical (unpaired) electrons. The Morgan fingerprint density at radius 3 is 1.67 bits per heavy atom. The van der Waals surface area contributed by atoms with E-state index in [-0.39, 0.29) is 0 Å². The van der Waals surface area contributed by atoms with Crippen LogP contribution in [0.4, 0.5) is 0 Å². The first-order valence-electron chi connectivity index (χ1n) is 12.9. The van der Waals surface area contributed by atoms with Crippen LogP contribution in [0.1, 0.15) is 89.1 Å². The summed E-state index contributed by atoms with van der Waals surface area (Å²) in [6.07, 6.45) is 8.03. The molecule has 0 aromatic heterocycles. The first kappa shape index (κ1) is 27.9. The third-order valence-corrected chi connectivity index (χ3v) is 19.2. The van der Waals surface area contributed by atoms with Crippen LogP contribution in [0.5, 0.6) is 0 Å². The second kappa shape index (κ2) is 15.6. The fraction of sp³-hybridized carbons (Fsp3) is 0.517. The zero-order chi connectivity index (χ0) is 23.9. The number of hydrogen-bond acceptors (Lipinski definition) is 3. The van der Waals surface area contributed by atoms with E-state index in [1.807, 2.05) is 66.7 Å². The number of rotatable bonds is 16. The van der Waals surface area contributed by atoms with E-state index in [1.54, 1.807) is 0 Å². The number of aliphatic hydroxyl groups excluding tert-OH is 2. The number of hydrogen-bond donors (Lipinski definition) is 2. The average Bonchev–Trinajstić information content (AvgIpc) is 2.85. The molecule has 182 valence electrons. The molecule has 0 bridgehead atoms. The normalized spacial score (nSPS) is 14.2. The molecule has 4 heteroatoms. The van der Waals surface area contributed by atoms with Crippen LogP contribution in [0.25, 0.3) is 0 Å². The van der Waals surface area contributed by atoms with Gasteiger partial charge in [-0.05, 0) is 0 Å². The van der Waals surface area contributed by atoms with Crippen molar-refractivity contribution in [2.24, 2.45) is 0 Å². The van der Waals surface area contributed by atoms with Crippen molar-refractivity contribution >= 4 is 18.8 Å². The Hall–Kier alpha value is -1.30. The van der Waals surface area contributed by atoms with Crippen molar-refractivity contribution in [2.75, 3.05) is 0 Å². The summed E-state index contributed by atoms with van der Waals surface area (Å²) in [4.78, 5) is 0. The summed E-state index contributed by atoms with van der Waals surface area (Å²) < 4.78 is 10.7. The predicted octanol–water partition coefficient (Wildman–Crippen LogP) is 8.09. The van der Waals surface area contributed by atoms with E-state index in [9.17, 15) is 10.2 Å². The summed E-state index contributed by atoms with van der Waals surface area (Å²) in [6, 6.07) is 19.5. The zero-order valence-corrected chi connectivity index (χ0v) is 23.7. The van der Waals surface area contributed by atoms with Gasteiger partial charge in [-0.15, -0.1) is 0 Å². The van der Waals surface area contributed by atoms with Gasteiger partial charge in [-0.3, -0.25) is 0 Å². The first-order valence-corrected chi connectivity index (χ1v) is 20.1. The summed E-state index contributed by atoms with van der Waals surface area (Å²) in [5.41, 5.74) is 1.74. The average molecular weight is 559 g/mol. The van der Waals surface area contributed by atoms with Crippen LogP contribution < -0.4 is 0 Å². The van der Waals surface area contributed by atoms with Gasteiger partial charge in [-0.2, -0.15) is 0 Å². The molecular weight excluding hydrogens is 515 g/mol. The van der Waals surface area contributed by atoms with Gasteiger partial charge in [0.25, 0.3) is 0 Å². The molecule has 2 N–H and O–H groups in total. The molecule has 0 fully saturated rings. The molecule has 0 heterocycles. The zero-order valence-electron chi connectivity index (χ0n) is 20.9. The molecule has 0 aliphatic heterocycles. The molecular formula is C29H44O3Sn. The summed E-state index contributed by atoms with van der Waals surface area (Å²) in [7, 11) is 0.